The van der Waals surface area contributed by atoms with Gasteiger partial charge in [-0.3, -0.25) is 4.79 Å². The zero-order valence-corrected chi connectivity index (χ0v) is 12.6. The summed E-state index contributed by atoms with van der Waals surface area (Å²) in [4.78, 5) is 12.4. The summed E-state index contributed by atoms with van der Waals surface area (Å²) < 4.78 is 0. The molecule has 1 atom stereocenters. The third kappa shape index (κ3) is 3.40. The van der Waals surface area contributed by atoms with E-state index in [4.69, 9.17) is 5.73 Å². The van der Waals surface area contributed by atoms with E-state index in [-0.39, 0.29) is 11.3 Å². The minimum absolute atomic E-state index is 0.0875. The summed E-state index contributed by atoms with van der Waals surface area (Å²) >= 11 is 0. The lowest BCUT2D eigenvalue weighted by Crippen LogP contribution is -2.51. The quantitative estimate of drug-likeness (QED) is 0.887. The van der Waals surface area contributed by atoms with Gasteiger partial charge in [0.1, 0.15) is 5.54 Å². The second-order valence-corrected chi connectivity index (χ2v) is 6.62. The van der Waals surface area contributed by atoms with Gasteiger partial charge in [-0.2, -0.15) is 0 Å². The molecule has 0 saturated heterocycles. The lowest BCUT2D eigenvalue weighted by molar-refractivity contribution is -0.126. The van der Waals surface area contributed by atoms with Crippen LogP contribution in [0.2, 0.25) is 0 Å². The molecule has 1 fully saturated rings. The molecule has 1 aromatic rings. The van der Waals surface area contributed by atoms with Crippen LogP contribution in [0.3, 0.4) is 0 Å². The summed E-state index contributed by atoms with van der Waals surface area (Å²) in [6.45, 7) is 4.77. The van der Waals surface area contributed by atoms with Gasteiger partial charge in [0.15, 0.2) is 0 Å². The second kappa shape index (κ2) is 5.96. The van der Waals surface area contributed by atoms with Gasteiger partial charge < -0.3 is 11.1 Å². The first-order valence-corrected chi connectivity index (χ1v) is 7.57. The topological polar surface area (TPSA) is 55.1 Å². The first-order chi connectivity index (χ1) is 9.44. The third-order valence-corrected chi connectivity index (χ3v) is 4.58. The molecular formula is C17H26N2O. The Hall–Kier alpha value is -1.35. The molecule has 1 unspecified atom stereocenters. The molecular weight excluding hydrogens is 248 g/mol. The highest BCUT2D eigenvalue weighted by molar-refractivity contribution is 5.87. The molecule has 3 heteroatoms. The number of nitrogens with two attached hydrogens (primary N) is 1. The van der Waals surface area contributed by atoms with Crippen molar-refractivity contribution >= 4 is 5.91 Å². The van der Waals surface area contributed by atoms with Crippen LogP contribution >= 0.6 is 0 Å². The van der Waals surface area contributed by atoms with Crippen LogP contribution in [-0.2, 0) is 10.3 Å². The predicted molar refractivity (Wildman–Crippen MR) is 82.2 cm³/mol. The van der Waals surface area contributed by atoms with Crippen molar-refractivity contribution < 1.29 is 4.79 Å². The van der Waals surface area contributed by atoms with Crippen molar-refractivity contribution in [2.24, 2.45) is 11.1 Å². The van der Waals surface area contributed by atoms with Crippen LogP contribution < -0.4 is 11.1 Å². The van der Waals surface area contributed by atoms with Gasteiger partial charge in [0.05, 0.1) is 0 Å². The average Bonchev–Trinajstić information content (AvgIpc) is 2.46. The Labute approximate surface area is 121 Å². The first-order valence-electron chi connectivity index (χ1n) is 7.57. The molecule has 0 aliphatic heterocycles. The van der Waals surface area contributed by atoms with Crippen molar-refractivity contribution in [1.29, 1.82) is 0 Å². The number of benzene rings is 1. The van der Waals surface area contributed by atoms with Gasteiger partial charge in [0, 0.05) is 6.54 Å². The van der Waals surface area contributed by atoms with Crippen LogP contribution in [0.15, 0.2) is 30.3 Å². The fraction of sp³-hybridized carbons (Fsp3) is 0.588. The van der Waals surface area contributed by atoms with Crippen molar-refractivity contribution in [2.75, 3.05) is 6.54 Å². The van der Waals surface area contributed by atoms with Crippen LogP contribution in [0.4, 0.5) is 0 Å². The Morgan fingerprint density at radius 3 is 2.45 bits per heavy atom. The van der Waals surface area contributed by atoms with Crippen LogP contribution in [0, 0.1) is 5.41 Å². The number of nitrogens with one attached hydrogen (secondary N) is 1. The molecule has 1 aromatic carbocycles. The molecule has 0 bridgehead atoms. The molecule has 3 N–H and O–H groups in total. The second-order valence-electron chi connectivity index (χ2n) is 6.62. The SMILES string of the molecule is CC1(CNC(=O)C(C)(N)c2ccccc2)CCCCC1. The van der Waals surface area contributed by atoms with Crippen LogP contribution in [-0.4, -0.2) is 12.5 Å². The van der Waals surface area contributed by atoms with Gasteiger partial charge in [0.2, 0.25) is 5.91 Å². The fourth-order valence-electron chi connectivity index (χ4n) is 2.97. The van der Waals surface area contributed by atoms with Crippen LogP contribution in [0.5, 0.6) is 0 Å². The smallest absolute Gasteiger partial charge is 0.244 e. The standard InChI is InChI=1S/C17H26N2O/c1-16(11-7-4-8-12-16)13-19-15(20)17(2,18)14-9-5-3-6-10-14/h3,5-6,9-10H,4,7-8,11-13,18H2,1-2H3,(H,19,20). The fourth-order valence-corrected chi connectivity index (χ4v) is 2.97. The number of rotatable bonds is 4. The minimum atomic E-state index is -0.966. The number of hydrogen-bond donors (Lipinski definition) is 2. The maximum atomic E-state index is 12.4. The molecule has 1 amide bonds. The molecule has 20 heavy (non-hydrogen) atoms. The highest BCUT2D eigenvalue weighted by Gasteiger charge is 2.33. The van der Waals surface area contributed by atoms with E-state index in [1.807, 2.05) is 30.3 Å². The molecule has 1 aliphatic rings. The minimum Gasteiger partial charge on any atom is -0.354 e. The summed E-state index contributed by atoms with van der Waals surface area (Å²) in [7, 11) is 0. The zero-order chi connectivity index (χ0) is 14.6. The van der Waals surface area contributed by atoms with Gasteiger partial charge in [-0.1, -0.05) is 56.5 Å². The highest BCUT2D eigenvalue weighted by atomic mass is 16.2. The summed E-state index contributed by atoms with van der Waals surface area (Å²) in [5, 5.41) is 3.07. The Kier molecular flexibility index (Phi) is 4.48. The third-order valence-electron chi connectivity index (χ3n) is 4.58. The van der Waals surface area contributed by atoms with Crippen molar-refractivity contribution in [3.05, 3.63) is 35.9 Å². The summed E-state index contributed by atoms with van der Waals surface area (Å²) in [6.07, 6.45) is 6.25. The van der Waals surface area contributed by atoms with Gasteiger partial charge in [0.25, 0.3) is 0 Å². The van der Waals surface area contributed by atoms with E-state index in [1.54, 1.807) is 6.92 Å². The number of amides is 1. The zero-order valence-electron chi connectivity index (χ0n) is 12.6. The molecule has 0 radical (unpaired) electrons. The van der Waals surface area contributed by atoms with Gasteiger partial charge in [-0.25, -0.2) is 0 Å². The van der Waals surface area contributed by atoms with Crippen molar-refractivity contribution in [3.63, 3.8) is 0 Å². The molecule has 2 rings (SSSR count). The maximum absolute atomic E-state index is 12.4. The average molecular weight is 274 g/mol. The Balaban J connectivity index is 1.97. The van der Waals surface area contributed by atoms with Crippen molar-refractivity contribution in [1.82, 2.24) is 5.32 Å². The Morgan fingerprint density at radius 2 is 1.85 bits per heavy atom. The normalized spacial score (nSPS) is 20.9. The van der Waals surface area contributed by atoms with E-state index in [1.165, 1.54) is 32.1 Å². The van der Waals surface area contributed by atoms with Crippen molar-refractivity contribution in [3.8, 4) is 0 Å². The van der Waals surface area contributed by atoms with Gasteiger partial charge in [-0.15, -0.1) is 0 Å². The number of hydrogen-bond acceptors (Lipinski definition) is 2. The first kappa shape index (κ1) is 15.0. The maximum Gasteiger partial charge on any atom is 0.244 e. The van der Waals surface area contributed by atoms with E-state index in [0.29, 0.717) is 0 Å². The Bertz CT molecular complexity index is 447. The molecule has 0 spiro atoms. The lowest BCUT2D eigenvalue weighted by atomic mass is 9.75. The van der Waals surface area contributed by atoms with E-state index >= 15 is 0 Å². The molecule has 1 saturated carbocycles. The van der Waals surface area contributed by atoms with E-state index in [0.717, 1.165) is 12.1 Å². The largest absolute Gasteiger partial charge is 0.354 e. The summed E-state index contributed by atoms with van der Waals surface area (Å²) in [6, 6.07) is 9.57. The highest BCUT2D eigenvalue weighted by Crippen LogP contribution is 2.35. The number of carbonyl (C=O) groups excluding carboxylic acids is 1. The number of carbonyl (C=O) groups is 1. The predicted octanol–water partition coefficient (Wildman–Crippen LogP) is 2.95. The molecule has 1 aliphatic carbocycles. The molecule has 0 aromatic heterocycles. The van der Waals surface area contributed by atoms with Gasteiger partial charge >= 0.3 is 0 Å². The van der Waals surface area contributed by atoms with E-state index < -0.39 is 5.54 Å². The molecule has 0 heterocycles. The monoisotopic (exact) mass is 274 g/mol. The summed E-state index contributed by atoms with van der Waals surface area (Å²) in [5.74, 6) is -0.0875. The molecule has 3 nitrogen and oxygen atoms in total. The Morgan fingerprint density at radius 1 is 1.25 bits per heavy atom. The van der Waals surface area contributed by atoms with E-state index in [9.17, 15) is 4.79 Å². The van der Waals surface area contributed by atoms with Crippen LogP contribution in [0.25, 0.3) is 0 Å². The van der Waals surface area contributed by atoms with E-state index in [2.05, 4.69) is 12.2 Å². The summed E-state index contributed by atoms with van der Waals surface area (Å²) in [5.41, 5.74) is 6.35. The van der Waals surface area contributed by atoms with Crippen molar-refractivity contribution in [2.45, 2.75) is 51.5 Å². The lowest BCUT2D eigenvalue weighted by Gasteiger charge is -2.35. The van der Waals surface area contributed by atoms with Gasteiger partial charge in [-0.05, 0) is 30.7 Å². The molecule has 110 valence electrons. The van der Waals surface area contributed by atoms with Crippen LogP contribution in [0.1, 0.15) is 51.5 Å².